The molecule has 3 N–H and O–H groups in total. The van der Waals surface area contributed by atoms with Gasteiger partial charge in [0.05, 0.1) is 19.8 Å². The molecule has 1 atom stereocenters. The Morgan fingerprint density at radius 3 is 2.60 bits per heavy atom. The molecule has 25 heavy (non-hydrogen) atoms. The number of benzene rings is 2. The van der Waals surface area contributed by atoms with Crippen molar-refractivity contribution in [3.05, 3.63) is 59.7 Å². The topological polar surface area (TPSA) is 86.0 Å². The van der Waals surface area contributed by atoms with Gasteiger partial charge in [0.2, 0.25) is 0 Å². The number of nitrogens with two attached hydrogens (primary N) is 1. The molecule has 1 aromatic heterocycles. The molecule has 0 spiro atoms. The molecule has 0 radical (unpaired) electrons. The van der Waals surface area contributed by atoms with E-state index in [1.54, 1.807) is 25.3 Å². The first-order valence-corrected chi connectivity index (χ1v) is 7.87. The highest BCUT2D eigenvalue weighted by molar-refractivity contribution is 5.54. The normalized spacial score (nSPS) is 12.0. The van der Waals surface area contributed by atoms with Crippen LogP contribution in [0.2, 0.25) is 0 Å². The first kappa shape index (κ1) is 16.9. The minimum atomic E-state index is -0.508. The minimum Gasteiger partial charge on any atom is -0.493 e. The summed E-state index contributed by atoms with van der Waals surface area (Å²) in [5.41, 5.74) is 7.82. The third kappa shape index (κ3) is 3.61. The molecule has 0 saturated carbocycles. The van der Waals surface area contributed by atoms with Crippen molar-refractivity contribution < 1.29 is 13.9 Å². The summed E-state index contributed by atoms with van der Waals surface area (Å²) in [6, 6.07) is 10.9. The quantitative estimate of drug-likeness (QED) is 0.719. The van der Waals surface area contributed by atoms with Gasteiger partial charge in [0.25, 0.3) is 0 Å². The van der Waals surface area contributed by atoms with Gasteiger partial charge >= 0.3 is 0 Å². The Labute approximate surface area is 144 Å². The molecule has 0 aliphatic carbocycles. The Kier molecular flexibility index (Phi) is 4.95. The summed E-state index contributed by atoms with van der Waals surface area (Å²) in [6.07, 6.45) is 0. The number of methoxy groups -OCH3 is 1. The van der Waals surface area contributed by atoms with Gasteiger partial charge in [-0.3, -0.25) is 5.10 Å². The SMILES string of the molecule is CCOc1cc([C@H](N)c2nc(-c3ccc(F)cc3)n[nH]2)ccc1OC. The van der Waals surface area contributed by atoms with Crippen molar-refractivity contribution in [3.63, 3.8) is 0 Å². The molecule has 0 saturated heterocycles. The van der Waals surface area contributed by atoms with Crippen molar-refractivity contribution in [3.8, 4) is 22.9 Å². The van der Waals surface area contributed by atoms with Crippen molar-refractivity contribution in [2.24, 2.45) is 5.73 Å². The van der Waals surface area contributed by atoms with Crippen LogP contribution in [-0.4, -0.2) is 28.9 Å². The van der Waals surface area contributed by atoms with E-state index in [0.29, 0.717) is 35.3 Å². The standard InChI is InChI=1S/C18H19FN4O2/c1-3-25-15-10-12(6-9-14(15)24-2)16(20)18-21-17(22-23-18)11-4-7-13(19)8-5-11/h4-10,16H,3,20H2,1-2H3,(H,21,22,23)/t16-/m0/s1. The number of hydrogen-bond donors (Lipinski definition) is 2. The third-order valence-corrected chi connectivity index (χ3v) is 3.75. The largest absolute Gasteiger partial charge is 0.493 e. The molecular weight excluding hydrogens is 323 g/mol. The molecule has 0 bridgehead atoms. The molecule has 6 nitrogen and oxygen atoms in total. The second-order valence-corrected chi connectivity index (χ2v) is 5.37. The van der Waals surface area contributed by atoms with Gasteiger partial charge in [-0.05, 0) is 48.9 Å². The summed E-state index contributed by atoms with van der Waals surface area (Å²) < 4.78 is 23.9. The van der Waals surface area contributed by atoms with Crippen molar-refractivity contribution in [2.75, 3.05) is 13.7 Å². The highest BCUT2D eigenvalue weighted by atomic mass is 19.1. The second-order valence-electron chi connectivity index (χ2n) is 5.37. The fourth-order valence-corrected chi connectivity index (χ4v) is 2.45. The van der Waals surface area contributed by atoms with E-state index in [2.05, 4.69) is 15.2 Å². The molecule has 3 rings (SSSR count). The minimum absolute atomic E-state index is 0.308. The average Bonchev–Trinajstić information content (AvgIpc) is 3.12. The van der Waals surface area contributed by atoms with Crippen LogP contribution in [0.15, 0.2) is 42.5 Å². The number of halogens is 1. The maximum atomic E-state index is 13.0. The Morgan fingerprint density at radius 2 is 1.92 bits per heavy atom. The number of nitrogens with one attached hydrogen (secondary N) is 1. The van der Waals surface area contributed by atoms with Crippen LogP contribution in [0.3, 0.4) is 0 Å². The van der Waals surface area contributed by atoms with Crippen LogP contribution >= 0.6 is 0 Å². The number of ether oxygens (including phenoxy) is 2. The Hall–Kier alpha value is -2.93. The molecule has 0 fully saturated rings. The van der Waals surface area contributed by atoms with Crippen molar-refractivity contribution in [1.82, 2.24) is 15.2 Å². The maximum absolute atomic E-state index is 13.0. The van der Waals surface area contributed by atoms with Crippen molar-refractivity contribution >= 4 is 0 Å². The first-order valence-electron chi connectivity index (χ1n) is 7.87. The van der Waals surface area contributed by atoms with E-state index in [1.807, 2.05) is 19.1 Å². The van der Waals surface area contributed by atoms with Gasteiger partial charge in [0, 0.05) is 5.56 Å². The number of hydrogen-bond acceptors (Lipinski definition) is 5. The van der Waals surface area contributed by atoms with Gasteiger partial charge in [0.15, 0.2) is 17.3 Å². The van der Waals surface area contributed by atoms with Crippen LogP contribution in [0.25, 0.3) is 11.4 Å². The molecule has 0 amide bonds. The molecule has 0 unspecified atom stereocenters. The summed E-state index contributed by atoms with van der Waals surface area (Å²) in [5, 5.41) is 7.01. The first-order chi connectivity index (χ1) is 12.1. The molecule has 2 aromatic carbocycles. The van der Waals surface area contributed by atoms with Crippen molar-refractivity contribution in [1.29, 1.82) is 0 Å². The van der Waals surface area contributed by atoms with E-state index in [4.69, 9.17) is 15.2 Å². The number of aromatic nitrogens is 3. The summed E-state index contributed by atoms with van der Waals surface area (Å²) >= 11 is 0. The Bertz CT molecular complexity index is 849. The van der Waals surface area contributed by atoms with Gasteiger partial charge in [-0.15, -0.1) is 0 Å². The monoisotopic (exact) mass is 342 g/mol. The van der Waals surface area contributed by atoms with Gasteiger partial charge in [-0.1, -0.05) is 6.07 Å². The summed E-state index contributed by atoms with van der Waals surface area (Å²) in [6.45, 7) is 2.42. The second kappa shape index (κ2) is 7.31. The van der Waals surface area contributed by atoms with E-state index in [1.165, 1.54) is 12.1 Å². The van der Waals surface area contributed by atoms with Gasteiger partial charge in [0.1, 0.15) is 11.6 Å². The number of nitrogens with zero attached hydrogens (tertiary/aromatic N) is 2. The molecule has 0 aliphatic heterocycles. The van der Waals surface area contributed by atoms with Crippen LogP contribution in [0.1, 0.15) is 24.4 Å². The van der Waals surface area contributed by atoms with Crippen LogP contribution in [0, 0.1) is 5.82 Å². The Morgan fingerprint density at radius 1 is 1.16 bits per heavy atom. The molecule has 0 aliphatic rings. The van der Waals surface area contributed by atoms with E-state index in [9.17, 15) is 4.39 Å². The number of rotatable bonds is 6. The lowest BCUT2D eigenvalue weighted by Gasteiger charge is -2.14. The predicted molar refractivity (Wildman–Crippen MR) is 92.0 cm³/mol. The lowest BCUT2D eigenvalue weighted by Crippen LogP contribution is -2.14. The highest BCUT2D eigenvalue weighted by Gasteiger charge is 2.17. The van der Waals surface area contributed by atoms with E-state index >= 15 is 0 Å². The smallest absolute Gasteiger partial charge is 0.181 e. The number of H-pyrrole nitrogens is 1. The molecule has 7 heteroatoms. The Balaban J connectivity index is 1.87. The van der Waals surface area contributed by atoms with E-state index < -0.39 is 6.04 Å². The van der Waals surface area contributed by atoms with Crippen LogP contribution < -0.4 is 15.2 Å². The summed E-state index contributed by atoms with van der Waals surface area (Å²) in [4.78, 5) is 4.42. The average molecular weight is 342 g/mol. The molecule has 130 valence electrons. The maximum Gasteiger partial charge on any atom is 0.181 e. The zero-order valence-electron chi connectivity index (χ0n) is 14.0. The molecule has 1 heterocycles. The van der Waals surface area contributed by atoms with Gasteiger partial charge in [-0.25, -0.2) is 9.37 Å². The summed E-state index contributed by atoms with van der Waals surface area (Å²) in [7, 11) is 1.59. The van der Waals surface area contributed by atoms with Crippen LogP contribution in [0.5, 0.6) is 11.5 Å². The van der Waals surface area contributed by atoms with Crippen LogP contribution in [0.4, 0.5) is 4.39 Å². The molecular formula is C18H19FN4O2. The third-order valence-electron chi connectivity index (χ3n) is 3.75. The van der Waals surface area contributed by atoms with Gasteiger partial charge < -0.3 is 15.2 Å². The zero-order chi connectivity index (χ0) is 17.8. The lowest BCUT2D eigenvalue weighted by molar-refractivity contribution is 0.310. The fourth-order valence-electron chi connectivity index (χ4n) is 2.45. The van der Waals surface area contributed by atoms with E-state index in [-0.39, 0.29) is 5.82 Å². The number of aromatic amines is 1. The van der Waals surface area contributed by atoms with Crippen molar-refractivity contribution in [2.45, 2.75) is 13.0 Å². The fraction of sp³-hybridized carbons (Fsp3) is 0.222. The summed E-state index contributed by atoms with van der Waals surface area (Å²) in [5.74, 6) is 1.92. The molecule has 3 aromatic rings. The predicted octanol–water partition coefficient (Wildman–Crippen LogP) is 3.07. The van der Waals surface area contributed by atoms with E-state index in [0.717, 1.165) is 5.56 Å². The lowest BCUT2D eigenvalue weighted by atomic mass is 10.1. The highest BCUT2D eigenvalue weighted by Crippen LogP contribution is 2.31. The van der Waals surface area contributed by atoms with Crippen LogP contribution in [-0.2, 0) is 0 Å². The van der Waals surface area contributed by atoms with Gasteiger partial charge in [-0.2, -0.15) is 5.10 Å². The zero-order valence-corrected chi connectivity index (χ0v) is 14.0.